The van der Waals surface area contributed by atoms with Crippen LogP contribution in [0.2, 0.25) is 0 Å². The quantitative estimate of drug-likeness (QED) is 0.212. The number of ether oxygens (including phenoxy) is 2. The summed E-state index contributed by atoms with van der Waals surface area (Å²) < 4.78 is 11.5. The van der Waals surface area contributed by atoms with E-state index in [4.69, 9.17) is 9.47 Å². The number of rotatable bonds is 7. The van der Waals surface area contributed by atoms with Gasteiger partial charge in [0.1, 0.15) is 12.2 Å². The third-order valence-corrected chi connectivity index (χ3v) is 8.66. The van der Waals surface area contributed by atoms with E-state index in [2.05, 4.69) is 36.4 Å². The molecule has 0 bridgehead atoms. The standard InChI is InChI=1S/C38H38O4/c39-37(41-31-11-3-1-4-12-31)29-23-19-27(20-24-29)33-15-7-9-17-35(33)36-18-10-8-16-34(36)28-21-25-30(26-22-28)38(40)42-32-13-5-2-6-14-32/h7-10,15-26,31-32H,1-6,11-14H2. The first-order valence-corrected chi connectivity index (χ1v) is 15.5. The number of esters is 2. The van der Waals surface area contributed by atoms with Gasteiger partial charge in [-0.2, -0.15) is 0 Å². The molecule has 0 atom stereocenters. The van der Waals surface area contributed by atoms with Gasteiger partial charge in [0.25, 0.3) is 0 Å². The molecule has 0 unspecified atom stereocenters. The van der Waals surface area contributed by atoms with Gasteiger partial charge in [0.05, 0.1) is 11.1 Å². The molecule has 0 heterocycles. The Hall–Kier alpha value is -4.18. The summed E-state index contributed by atoms with van der Waals surface area (Å²) in [7, 11) is 0. The van der Waals surface area contributed by atoms with E-state index < -0.39 is 0 Å². The van der Waals surface area contributed by atoms with Gasteiger partial charge < -0.3 is 9.47 Å². The summed E-state index contributed by atoms with van der Waals surface area (Å²) in [6.45, 7) is 0. The molecule has 0 spiro atoms. The number of benzene rings is 4. The first-order chi connectivity index (χ1) is 20.7. The van der Waals surface area contributed by atoms with E-state index in [-0.39, 0.29) is 24.1 Å². The van der Waals surface area contributed by atoms with Crippen molar-refractivity contribution >= 4 is 11.9 Å². The van der Waals surface area contributed by atoms with Crippen LogP contribution in [0.3, 0.4) is 0 Å². The van der Waals surface area contributed by atoms with Crippen molar-refractivity contribution in [1.82, 2.24) is 0 Å². The van der Waals surface area contributed by atoms with E-state index in [1.807, 2.05) is 60.7 Å². The lowest BCUT2D eigenvalue weighted by Gasteiger charge is -2.22. The van der Waals surface area contributed by atoms with Gasteiger partial charge in [-0.1, -0.05) is 85.6 Å². The predicted octanol–water partition coefficient (Wildman–Crippen LogP) is 9.67. The second-order valence-electron chi connectivity index (χ2n) is 11.6. The Morgan fingerprint density at radius 1 is 0.429 bits per heavy atom. The Balaban J connectivity index is 1.23. The maximum Gasteiger partial charge on any atom is 0.338 e. The molecule has 0 amide bonds. The fourth-order valence-corrected chi connectivity index (χ4v) is 6.32. The lowest BCUT2D eigenvalue weighted by Crippen LogP contribution is -2.20. The highest BCUT2D eigenvalue weighted by Gasteiger charge is 2.21. The second-order valence-corrected chi connectivity index (χ2v) is 11.6. The number of hydrogen-bond acceptors (Lipinski definition) is 4. The molecule has 4 heteroatoms. The van der Waals surface area contributed by atoms with Crippen LogP contribution in [0.15, 0.2) is 97.1 Å². The van der Waals surface area contributed by atoms with Gasteiger partial charge in [0, 0.05) is 0 Å². The Bertz CT molecular complexity index is 1390. The fourth-order valence-electron chi connectivity index (χ4n) is 6.32. The zero-order chi connectivity index (χ0) is 28.7. The zero-order valence-corrected chi connectivity index (χ0v) is 24.1. The van der Waals surface area contributed by atoms with Gasteiger partial charge in [-0.05, 0) is 109 Å². The molecule has 0 aromatic heterocycles. The molecule has 0 saturated heterocycles. The van der Waals surface area contributed by atoms with Crippen molar-refractivity contribution in [1.29, 1.82) is 0 Å². The van der Waals surface area contributed by atoms with E-state index in [9.17, 15) is 9.59 Å². The molecule has 42 heavy (non-hydrogen) atoms. The minimum Gasteiger partial charge on any atom is -0.459 e. The summed E-state index contributed by atoms with van der Waals surface area (Å²) in [5, 5.41) is 0. The van der Waals surface area contributed by atoms with Crippen molar-refractivity contribution in [2.45, 2.75) is 76.4 Å². The number of hydrogen-bond donors (Lipinski definition) is 0. The van der Waals surface area contributed by atoms with Gasteiger partial charge in [0.15, 0.2) is 0 Å². The molecule has 0 radical (unpaired) electrons. The monoisotopic (exact) mass is 558 g/mol. The van der Waals surface area contributed by atoms with Gasteiger partial charge in [0.2, 0.25) is 0 Å². The lowest BCUT2D eigenvalue weighted by atomic mass is 9.89. The van der Waals surface area contributed by atoms with Crippen LogP contribution in [0, 0.1) is 0 Å². The van der Waals surface area contributed by atoms with Crippen molar-refractivity contribution in [2.75, 3.05) is 0 Å². The molecule has 4 aromatic carbocycles. The second kappa shape index (κ2) is 13.2. The molecule has 2 aliphatic rings. The van der Waals surface area contributed by atoms with Gasteiger partial charge in [-0.25, -0.2) is 9.59 Å². The van der Waals surface area contributed by atoms with E-state index >= 15 is 0 Å². The Kier molecular flexibility index (Phi) is 8.79. The molecule has 4 aromatic rings. The average Bonchev–Trinajstić information content (AvgIpc) is 3.06. The van der Waals surface area contributed by atoms with Crippen molar-refractivity contribution in [3.63, 3.8) is 0 Å². The maximum absolute atomic E-state index is 12.8. The third kappa shape index (κ3) is 6.49. The number of carbonyl (C=O) groups excluding carboxylic acids is 2. The first-order valence-electron chi connectivity index (χ1n) is 15.5. The van der Waals surface area contributed by atoms with Crippen LogP contribution in [-0.2, 0) is 9.47 Å². The van der Waals surface area contributed by atoms with Crippen LogP contribution in [0.4, 0.5) is 0 Å². The van der Waals surface area contributed by atoms with Gasteiger partial charge in [-0.3, -0.25) is 0 Å². The Labute approximate surface area is 248 Å². The average molecular weight is 559 g/mol. The fraction of sp³-hybridized carbons (Fsp3) is 0.316. The topological polar surface area (TPSA) is 52.6 Å². The van der Waals surface area contributed by atoms with E-state index in [1.54, 1.807) is 0 Å². The van der Waals surface area contributed by atoms with E-state index in [0.717, 1.165) is 84.7 Å². The summed E-state index contributed by atoms with van der Waals surface area (Å²) in [6, 6.07) is 32.2. The molecular weight excluding hydrogens is 520 g/mol. The van der Waals surface area contributed by atoms with Crippen LogP contribution in [0.25, 0.3) is 33.4 Å². The molecule has 2 fully saturated rings. The summed E-state index contributed by atoms with van der Waals surface area (Å²) in [5.41, 5.74) is 7.63. The highest BCUT2D eigenvalue weighted by atomic mass is 16.5. The van der Waals surface area contributed by atoms with Crippen molar-refractivity contribution < 1.29 is 19.1 Å². The summed E-state index contributed by atoms with van der Waals surface area (Å²) in [4.78, 5) is 25.5. The maximum atomic E-state index is 12.8. The largest absolute Gasteiger partial charge is 0.459 e. The molecule has 214 valence electrons. The van der Waals surface area contributed by atoms with E-state index in [0.29, 0.717) is 11.1 Å². The van der Waals surface area contributed by atoms with Crippen molar-refractivity contribution in [2.24, 2.45) is 0 Å². The Morgan fingerprint density at radius 2 is 0.762 bits per heavy atom. The normalized spacial score (nSPS) is 16.1. The van der Waals surface area contributed by atoms with Crippen molar-refractivity contribution in [3.05, 3.63) is 108 Å². The summed E-state index contributed by atoms with van der Waals surface area (Å²) >= 11 is 0. The molecular formula is C38H38O4. The number of carbonyl (C=O) groups is 2. The molecule has 4 nitrogen and oxygen atoms in total. The molecule has 6 rings (SSSR count). The first kappa shape index (κ1) is 28.0. The van der Waals surface area contributed by atoms with Gasteiger partial charge in [-0.15, -0.1) is 0 Å². The van der Waals surface area contributed by atoms with Crippen LogP contribution >= 0.6 is 0 Å². The van der Waals surface area contributed by atoms with Crippen LogP contribution < -0.4 is 0 Å². The highest BCUT2D eigenvalue weighted by Crippen LogP contribution is 2.38. The SMILES string of the molecule is O=C(OC1CCCCC1)c1ccc(-c2ccccc2-c2ccccc2-c2ccc(C(=O)OC3CCCCC3)cc2)cc1. The smallest absolute Gasteiger partial charge is 0.338 e. The summed E-state index contributed by atoms with van der Waals surface area (Å²) in [6.07, 6.45) is 10.9. The van der Waals surface area contributed by atoms with E-state index in [1.165, 1.54) is 12.8 Å². The van der Waals surface area contributed by atoms with Crippen LogP contribution in [0.1, 0.15) is 84.9 Å². The molecule has 0 N–H and O–H groups in total. The minimum atomic E-state index is -0.238. The lowest BCUT2D eigenvalue weighted by molar-refractivity contribution is 0.0202. The van der Waals surface area contributed by atoms with Crippen LogP contribution in [0.5, 0.6) is 0 Å². The third-order valence-electron chi connectivity index (χ3n) is 8.66. The Morgan fingerprint density at radius 3 is 1.12 bits per heavy atom. The van der Waals surface area contributed by atoms with Crippen molar-refractivity contribution in [3.8, 4) is 33.4 Å². The summed E-state index contributed by atoms with van der Waals surface area (Å²) in [5.74, 6) is -0.476. The zero-order valence-electron chi connectivity index (χ0n) is 24.1. The molecule has 2 saturated carbocycles. The minimum absolute atomic E-state index is 0.0414. The predicted molar refractivity (Wildman–Crippen MR) is 167 cm³/mol. The highest BCUT2D eigenvalue weighted by molar-refractivity contribution is 5.94. The molecule has 2 aliphatic carbocycles. The molecule has 0 aliphatic heterocycles. The van der Waals surface area contributed by atoms with Gasteiger partial charge >= 0.3 is 11.9 Å². The van der Waals surface area contributed by atoms with Crippen LogP contribution in [-0.4, -0.2) is 24.1 Å².